The maximum atomic E-state index is 11.9. The highest BCUT2D eigenvalue weighted by molar-refractivity contribution is 7.14. The average molecular weight is 341 g/mol. The first-order chi connectivity index (χ1) is 9.87. The van der Waals surface area contributed by atoms with Gasteiger partial charge in [-0.05, 0) is 31.9 Å². The van der Waals surface area contributed by atoms with Crippen LogP contribution in [0.2, 0.25) is 0 Å². The summed E-state index contributed by atoms with van der Waals surface area (Å²) < 4.78 is -0.905. The van der Waals surface area contributed by atoms with Gasteiger partial charge < -0.3 is 5.32 Å². The molecule has 0 aliphatic heterocycles. The van der Waals surface area contributed by atoms with E-state index in [0.29, 0.717) is 11.6 Å². The number of nitrogens with zero attached hydrogens (tertiary/aromatic N) is 1. The van der Waals surface area contributed by atoms with Gasteiger partial charge in [0.2, 0.25) is 5.91 Å². The zero-order valence-corrected chi connectivity index (χ0v) is 13.9. The molecule has 1 heterocycles. The van der Waals surface area contributed by atoms with Crippen LogP contribution in [0, 0.1) is 19.8 Å². The van der Waals surface area contributed by atoms with Gasteiger partial charge in [0, 0.05) is 10.9 Å². The van der Waals surface area contributed by atoms with Crippen molar-refractivity contribution in [3.05, 3.63) is 34.7 Å². The number of amides is 1. The fraction of sp³-hybridized carbons (Fsp3) is 0.333. The molecule has 1 atom stereocenters. The van der Waals surface area contributed by atoms with E-state index in [1.54, 1.807) is 0 Å². The van der Waals surface area contributed by atoms with Gasteiger partial charge in [0.15, 0.2) is 5.13 Å². The van der Waals surface area contributed by atoms with Crippen LogP contribution in [0.15, 0.2) is 23.6 Å². The minimum atomic E-state index is -0.905. The topological polar surface area (TPSA) is 42.0 Å². The van der Waals surface area contributed by atoms with Crippen LogP contribution in [0.1, 0.15) is 17.5 Å². The van der Waals surface area contributed by atoms with Crippen molar-refractivity contribution >= 4 is 45.6 Å². The van der Waals surface area contributed by atoms with E-state index in [1.807, 2.05) is 19.2 Å². The average Bonchev–Trinajstić information content (AvgIpc) is 2.84. The number of halogens is 2. The molecular weight excluding hydrogens is 327 g/mol. The highest BCUT2D eigenvalue weighted by Crippen LogP contribution is 2.53. The Morgan fingerprint density at radius 3 is 2.81 bits per heavy atom. The van der Waals surface area contributed by atoms with E-state index in [4.69, 9.17) is 23.2 Å². The summed E-state index contributed by atoms with van der Waals surface area (Å²) in [4.78, 5) is 16.4. The Morgan fingerprint density at radius 2 is 2.14 bits per heavy atom. The summed E-state index contributed by atoms with van der Waals surface area (Å²) in [6, 6.07) is 6.24. The largest absolute Gasteiger partial charge is 0.302 e. The molecule has 1 amide bonds. The second kappa shape index (κ2) is 5.27. The van der Waals surface area contributed by atoms with E-state index in [1.165, 1.54) is 16.9 Å². The molecule has 21 heavy (non-hydrogen) atoms. The molecular formula is C15H14Cl2N2OS. The van der Waals surface area contributed by atoms with E-state index in [-0.39, 0.29) is 11.8 Å². The summed E-state index contributed by atoms with van der Waals surface area (Å²) in [6.07, 6.45) is 0.497. The molecule has 110 valence electrons. The lowest BCUT2D eigenvalue weighted by atomic mass is 10.0. The number of thiazole rings is 1. The molecule has 0 bridgehead atoms. The van der Waals surface area contributed by atoms with Gasteiger partial charge in [0.25, 0.3) is 0 Å². The van der Waals surface area contributed by atoms with Crippen molar-refractivity contribution in [2.45, 2.75) is 24.6 Å². The van der Waals surface area contributed by atoms with Crippen molar-refractivity contribution < 1.29 is 4.79 Å². The number of carbonyl (C=O) groups excluding carboxylic acids is 1. The van der Waals surface area contributed by atoms with E-state index in [0.717, 1.165) is 16.8 Å². The van der Waals surface area contributed by atoms with Crippen LogP contribution in [-0.4, -0.2) is 15.2 Å². The first kappa shape index (κ1) is 14.8. The number of rotatable bonds is 3. The highest BCUT2D eigenvalue weighted by Gasteiger charge is 2.56. The van der Waals surface area contributed by atoms with Crippen molar-refractivity contribution in [1.29, 1.82) is 0 Å². The standard InChI is InChI=1S/C15H14Cl2N2OS/c1-8-3-4-9(2)10(5-8)12-7-21-14(18-12)19-13(20)11-6-15(11,16)17/h3-5,7,11H,6H2,1-2H3,(H,18,19,20). The number of hydrogen-bond acceptors (Lipinski definition) is 3. The monoisotopic (exact) mass is 340 g/mol. The van der Waals surface area contributed by atoms with Crippen LogP contribution in [0.3, 0.4) is 0 Å². The number of alkyl halides is 2. The fourth-order valence-corrected chi connectivity index (χ4v) is 3.38. The van der Waals surface area contributed by atoms with Gasteiger partial charge in [0.1, 0.15) is 4.33 Å². The predicted molar refractivity (Wildman–Crippen MR) is 88.2 cm³/mol. The molecule has 3 nitrogen and oxygen atoms in total. The molecule has 3 rings (SSSR count). The van der Waals surface area contributed by atoms with Crippen molar-refractivity contribution in [1.82, 2.24) is 4.98 Å². The van der Waals surface area contributed by atoms with Crippen LogP contribution in [-0.2, 0) is 4.79 Å². The van der Waals surface area contributed by atoms with Crippen LogP contribution in [0.4, 0.5) is 5.13 Å². The summed E-state index contributed by atoms with van der Waals surface area (Å²) >= 11 is 13.2. The van der Waals surface area contributed by atoms with Crippen LogP contribution < -0.4 is 5.32 Å². The van der Waals surface area contributed by atoms with Gasteiger partial charge in [-0.2, -0.15) is 0 Å². The summed E-state index contributed by atoms with van der Waals surface area (Å²) in [6.45, 7) is 4.09. The number of benzene rings is 1. The van der Waals surface area contributed by atoms with E-state index < -0.39 is 4.33 Å². The zero-order valence-electron chi connectivity index (χ0n) is 11.6. The lowest BCUT2D eigenvalue weighted by Crippen LogP contribution is -2.16. The molecule has 0 radical (unpaired) electrons. The van der Waals surface area contributed by atoms with Gasteiger partial charge in [-0.25, -0.2) is 4.98 Å². The normalized spacial score (nSPS) is 19.3. The minimum Gasteiger partial charge on any atom is -0.302 e. The van der Waals surface area contributed by atoms with Crippen molar-refractivity contribution in [3.8, 4) is 11.3 Å². The van der Waals surface area contributed by atoms with Gasteiger partial charge in [0.05, 0.1) is 11.6 Å². The number of aryl methyl sites for hydroxylation is 2. The second-order valence-corrected chi connectivity index (χ2v) is 7.76. The maximum Gasteiger partial charge on any atom is 0.232 e. The predicted octanol–water partition coefficient (Wildman–Crippen LogP) is 4.56. The van der Waals surface area contributed by atoms with Gasteiger partial charge in [-0.15, -0.1) is 34.5 Å². The number of aromatic nitrogens is 1. The summed E-state index contributed by atoms with van der Waals surface area (Å²) in [7, 11) is 0. The van der Waals surface area contributed by atoms with E-state index in [9.17, 15) is 4.79 Å². The van der Waals surface area contributed by atoms with Gasteiger partial charge >= 0.3 is 0 Å². The first-order valence-electron chi connectivity index (χ1n) is 6.58. The number of hydrogen-bond donors (Lipinski definition) is 1. The molecule has 0 saturated heterocycles. The van der Waals surface area contributed by atoms with Crippen LogP contribution in [0.25, 0.3) is 11.3 Å². The molecule has 1 saturated carbocycles. The van der Waals surface area contributed by atoms with Crippen molar-refractivity contribution in [3.63, 3.8) is 0 Å². The van der Waals surface area contributed by atoms with Gasteiger partial charge in [-0.3, -0.25) is 4.79 Å². The second-order valence-electron chi connectivity index (χ2n) is 5.36. The molecule has 1 aromatic heterocycles. The molecule has 1 unspecified atom stereocenters. The third-order valence-corrected chi connectivity index (χ3v) is 5.14. The van der Waals surface area contributed by atoms with Crippen molar-refractivity contribution in [2.75, 3.05) is 5.32 Å². The van der Waals surface area contributed by atoms with E-state index in [2.05, 4.69) is 28.5 Å². The number of nitrogens with one attached hydrogen (secondary N) is 1. The fourth-order valence-electron chi connectivity index (χ4n) is 2.16. The Hall–Kier alpha value is -1.10. The molecule has 0 spiro atoms. The summed E-state index contributed by atoms with van der Waals surface area (Å²) in [5, 5.41) is 5.30. The Bertz CT molecular complexity index is 711. The van der Waals surface area contributed by atoms with Gasteiger partial charge in [-0.1, -0.05) is 17.7 Å². The SMILES string of the molecule is Cc1ccc(C)c(-c2csc(NC(=O)C3CC3(Cl)Cl)n2)c1. The Morgan fingerprint density at radius 1 is 1.43 bits per heavy atom. The first-order valence-corrected chi connectivity index (χ1v) is 8.22. The lowest BCUT2D eigenvalue weighted by molar-refractivity contribution is -0.117. The Labute approximate surface area is 137 Å². The molecule has 6 heteroatoms. The van der Waals surface area contributed by atoms with Crippen LogP contribution >= 0.6 is 34.5 Å². The minimum absolute atomic E-state index is 0.165. The molecule has 1 aliphatic rings. The summed E-state index contributed by atoms with van der Waals surface area (Å²) in [5.74, 6) is -0.504. The summed E-state index contributed by atoms with van der Waals surface area (Å²) in [5.41, 5.74) is 4.30. The number of carbonyl (C=O) groups is 1. The quantitative estimate of drug-likeness (QED) is 0.832. The molecule has 2 aromatic rings. The Kier molecular flexibility index (Phi) is 3.72. The third-order valence-electron chi connectivity index (χ3n) is 3.55. The smallest absolute Gasteiger partial charge is 0.232 e. The highest BCUT2D eigenvalue weighted by atomic mass is 35.5. The maximum absolute atomic E-state index is 11.9. The lowest BCUT2D eigenvalue weighted by Gasteiger charge is -2.04. The zero-order chi connectivity index (χ0) is 15.2. The third kappa shape index (κ3) is 3.07. The molecule has 1 aliphatic carbocycles. The Balaban J connectivity index is 1.78. The van der Waals surface area contributed by atoms with Crippen molar-refractivity contribution in [2.24, 2.45) is 5.92 Å². The molecule has 1 aromatic carbocycles. The number of anilines is 1. The molecule has 1 fully saturated rings. The van der Waals surface area contributed by atoms with E-state index >= 15 is 0 Å². The van der Waals surface area contributed by atoms with Crippen LogP contribution in [0.5, 0.6) is 0 Å². The molecule has 1 N–H and O–H groups in total.